The van der Waals surface area contributed by atoms with Crippen LogP contribution in [0.5, 0.6) is 0 Å². The third-order valence-corrected chi connectivity index (χ3v) is 6.42. The van der Waals surface area contributed by atoms with Crippen molar-refractivity contribution < 1.29 is 13.5 Å². The van der Waals surface area contributed by atoms with Crippen molar-refractivity contribution >= 4 is 38.1 Å². The van der Waals surface area contributed by atoms with Gasteiger partial charge in [-0.1, -0.05) is 17.7 Å². The van der Waals surface area contributed by atoms with E-state index in [9.17, 15) is 13.5 Å². The van der Waals surface area contributed by atoms with Crippen molar-refractivity contribution in [3.63, 3.8) is 0 Å². The van der Waals surface area contributed by atoms with Gasteiger partial charge in [0.2, 0.25) is 0 Å². The first-order chi connectivity index (χ1) is 10.4. The summed E-state index contributed by atoms with van der Waals surface area (Å²) in [4.78, 5) is 4.30. The molecular weight excluding hydrogens is 344 g/mol. The summed E-state index contributed by atoms with van der Waals surface area (Å²) < 4.78 is 27.3. The lowest BCUT2D eigenvalue weighted by molar-refractivity contribution is 0.150. The molecule has 1 aromatic heterocycles. The molecule has 2 aromatic rings. The fourth-order valence-electron chi connectivity index (χ4n) is 2.17. The number of thiazole rings is 1. The minimum absolute atomic E-state index is 0.125. The molecule has 0 radical (unpaired) electrons. The van der Waals surface area contributed by atoms with Gasteiger partial charge in [-0.2, -0.15) is 0 Å². The second kappa shape index (κ2) is 5.81. The Morgan fingerprint density at radius 2 is 2.18 bits per heavy atom. The summed E-state index contributed by atoms with van der Waals surface area (Å²) in [6.07, 6.45) is 1.37. The van der Waals surface area contributed by atoms with E-state index in [4.69, 9.17) is 11.6 Å². The zero-order valence-corrected chi connectivity index (χ0v) is 14.2. The topological polar surface area (TPSA) is 79.3 Å². The van der Waals surface area contributed by atoms with E-state index in [1.807, 2.05) is 0 Å². The van der Waals surface area contributed by atoms with Crippen LogP contribution in [0.1, 0.15) is 30.2 Å². The molecule has 1 fully saturated rings. The summed E-state index contributed by atoms with van der Waals surface area (Å²) in [5.41, 5.74) is 1.01. The van der Waals surface area contributed by atoms with Gasteiger partial charge in [-0.05, 0) is 43.4 Å². The molecule has 1 heterocycles. The monoisotopic (exact) mass is 358 g/mol. The third-order valence-electron chi connectivity index (χ3n) is 3.62. The minimum Gasteiger partial charge on any atom is -0.386 e. The van der Waals surface area contributed by atoms with Crippen LogP contribution in [0.3, 0.4) is 0 Å². The Balaban J connectivity index is 1.84. The third kappa shape index (κ3) is 3.12. The zero-order valence-electron chi connectivity index (χ0n) is 11.8. The normalized spacial score (nSPS) is 16.5. The van der Waals surface area contributed by atoms with Gasteiger partial charge in [-0.3, -0.25) is 4.72 Å². The molecule has 0 amide bonds. The fraction of sp³-hybridized carbons (Fsp3) is 0.357. The lowest BCUT2D eigenvalue weighted by Crippen LogP contribution is -2.14. The van der Waals surface area contributed by atoms with Gasteiger partial charge >= 0.3 is 0 Å². The average molecular weight is 359 g/mol. The van der Waals surface area contributed by atoms with E-state index in [1.165, 1.54) is 6.07 Å². The van der Waals surface area contributed by atoms with Crippen LogP contribution >= 0.6 is 22.9 Å². The maximum absolute atomic E-state index is 12.4. The molecule has 1 aliphatic carbocycles. The molecule has 1 saturated carbocycles. The molecule has 1 aliphatic rings. The lowest BCUT2D eigenvalue weighted by atomic mass is 10.2. The standard InChI is InChI=1S/C14H15ClN2O3S2/c1-8-10(15)3-2-4-12(8)22(19,20)17-14-16-11(7-21-14)13(18)9-5-6-9/h2-4,7,9,13,18H,5-6H2,1H3,(H,16,17). The predicted molar refractivity (Wildman–Crippen MR) is 86.8 cm³/mol. The fourth-order valence-corrected chi connectivity index (χ4v) is 4.66. The highest BCUT2D eigenvalue weighted by atomic mass is 35.5. The van der Waals surface area contributed by atoms with Crippen LogP contribution in [0, 0.1) is 12.8 Å². The summed E-state index contributed by atoms with van der Waals surface area (Å²) >= 11 is 7.13. The van der Waals surface area contributed by atoms with Gasteiger partial charge in [-0.25, -0.2) is 13.4 Å². The van der Waals surface area contributed by atoms with E-state index in [-0.39, 0.29) is 15.9 Å². The van der Waals surface area contributed by atoms with Gasteiger partial charge < -0.3 is 5.11 Å². The minimum atomic E-state index is -3.75. The SMILES string of the molecule is Cc1c(Cl)cccc1S(=O)(=O)Nc1nc(C(O)C2CC2)cs1. The molecule has 118 valence electrons. The van der Waals surface area contributed by atoms with Crippen LogP contribution in [0.25, 0.3) is 0 Å². The summed E-state index contributed by atoms with van der Waals surface area (Å²) in [7, 11) is -3.75. The van der Waals surface area contributed by atoms with Crippen molar-refractivity contribution in [2.75, 3.05) is 4.72 Å². The van der Waals surface area contributed by atoms with Gasteiger partial charge in [0.15, 0.2) is 5.13 Å². The number of aliphatic hydroxyl groups excluding tert-OH is 1. The molecule has 8 heteroatoms. The summed E-state index contributed by atoms with van der Waals surface area (Å²) in [6, 6.07) is 4.73. The Morgan fingerprint density at radius 3 is 2.86 bits per heavy atom. The number of benzene rings is 1. The highest BCUT2D eigenvalue weighted by molar-refractivity contribution is 7.93. The molecule has 1 atom stereocenters. The molecule has 22 heavy (non-hydrogen) atoms. The second-order valence-electron chi connectivity index (χ2n) is 5.33. The number of aliphatic hydroxyl groups is 1. The van der Waals surface area contributed by atoms with Gasteiger partial charge in [0, 0.05) is 10.4 Å². The van der Waals surface area contributed by atoms with Crippen LogP contribution < -0.4 is 4.72 Å². The van der Waals surface area contributed by atoms with Gasteiger partial charge in [-0.15, -0.1) is 11.3 Å². The number of anilines is 1. The number of aromatic nitrogens is 1. The van der Waals surface area contributed by atoms with Crippen LogP contribution in [-0.2, 0) is 10.0 Å². The first kappa shape index (κ1) is 15.7. The molecule has 0 spiro atoms. The van der Waals surface area contributed by atoms with E-state index >= 15 is 0 Å². The Morgan fingerprint density at radius 1 is 1.45 bits per heavy atom. The molecule has 2 N–H and O–H groups in total. The molecule has 0 aliphatic heterocycles. The van der Waals surface area contributed by atoms with Crippen molar-refractivity contribution in [2.45, 2.75) is 30.8 Å². The van der Waals surface area contributed by atoms with Crippen LogP contribution in [-0.4, -0.2) is 18.5 Å². The van der Waals surface area contributed by atoms with Gasteiger partial charge in [0.05, 0.1) is 16.7 Å². The van der Waals surface area contributed by atoms with Gasteiger partial charge in [0.1, 0.15) is 0 Å². The smallest absolute Gasteiger partial charge is 0.263 e. The van der Waals surface area contributed by atoms with Crippen LogP contribution in [0.2, 0.25) is 5.02 Å². The Kier molecular flexibility index (Phi) is 4.15. The number of halogens is 1. The van der Waals surface area contributed by atoms with E-state index in [0.717, 1.165) is 24.2 Å². The Hall–Kier alpha value is -1.15. The molecule has 1 aromatic carbocycles. The predicted octanol–water partition coefficient (Wildman–Crippen LogP) is 3.35. The van der Waals surface area contributed by atoms with Crippen molar-refractivity contribution in [3.8, 4) is 0 Å². The van der Waals surface area contributed by atoms with Gasteiger partial charge in [0.25, 0.3) is 10.0 Å². The molecule has 3 rings (SSSR count). The largest absolute Gasteiger partial charge is 0.386 e. The number of hydrogen-bond donors (Lipinski definition) is 2. The van der Waals surface area contributed by atoms with E-state index < -0.39 is 16.1 Å². The first-order valence-electron chi connectivity index (χ1n) is 6.80. The first-order valence-corrected chi connectivity index (χ1v) is 9.54. The van der Waals surface area contributed by atoms with E-state index in [0.29, 0.717) is 16.3 Å². The molecule has 1 unspecified atom stereocenters. The molecule has 0 bridgehead atoms. The zero-order chi connectivity index (χ0) is 15.9. The Bertz CT molecular complexity index is 800. The number of nitrogens with one attached hydrogen (secondary N) is 1. The average Bonchev–Trinajstić information content (AvgIpc) is 3.21. The Labute approximate surface area is 138 Å². The highest BCUT2D eigenvalue weighted by Crippen LogP contribution is 2.41. The summed E-state index contributed by atoms with van der Waals surface area (Å²) in [5.74, 6) is 0.252. The van der Waals surface area contributed by atoms with Crippen molar-refractivity contribution in [1.29, 1.82) is 0 Å². The summed E-state index contributed by atoms with van der Waals surface area (Å²) in [6.45, 7) is 1.65. The maximum Gasteiger partial charge on any atom is 0.263 e. The second-order valence-corrected chi connectivity index (χ2v) is 8.24. The van der Waals surface area contributed by atoms with Crippen molar-refractivity contribution in [1.82, 2.24) is 4.98 Å². The van der Waals surface area contributed by atoms with Crippen molar-refractivity contribution in [3.05, 3.63) is 39.9 Å². The highest BCUT2D eigenvalue weighted by Gasteiger charge is 2.32. The number of rotatable bonds is 5. The maximum atomic E-state index is 12.4. The van der Waals surface area contributed by atoms with E-state index in [1.54, 1.807) is 24.4 Å². The number of sulfonamides is 1. The van der Waals surface area contributed by atoms with Crippen molar-refractivity contribution in [2.24, 2.45) is 5.92 Å². The molecule has 0 saturated heterocycles. The van der Waals surface area contributed by atoms with E-state index in [2.05, 4.69) is 9.71 Å². The quantitative estimate of drug-likeness (QED) is 0.859. The number of nitrogens with zero attached hydrogens (tertiary/aromatic N) is 1. The summed E-state index contributed by atoms with van der Waals surface area (Å²) in [5, 5.41) is 12.3. The molecule has 5 nitrogen and oxygen atoms in total. The molecular formula is C14H15ClN2O3S2. The van der Waals surface area contributed by atoms with Crippen LogP contribution in [0.15, 0.2) is 28.5 Å². The van der Waals surface area contributed by atoms with Crippen LogP contribution in [0.4, 0.5) is 5.13 Å². The number of hydrogen-bond acceptors (Lipinski definition) is 5. The lowest BCUT2D eigenvalue weighted by Gasteiger charge is -2.09.